The molecule has 0 spiro atoms. The lowest BCUT2D eigenvalue weighted by molar-refractivity contribution is 0.356. The molecule has 3 rings (SSSR count). The largest absolute Gasteiger partial charge is 0.286 e. The molecule has 0 aliphatic heterocycles. The van der Waals surface area contributed by atoms with Crippen LogP contribution in [-0.2, 0) is 13.6 Å². The Kier molecular flexibility index (Phi) is 3.00. The van der Waals surface area contributed by atoms with Gasteiger partial charge in [0.05, 0.1) is 24.7 Å². The summed E-state index contributed by atoms with van der Waals surface area (Å²) in [7, 11) is 3.53. The summed E-state index contributed by atoms with van der Waals surface area (Å²) in [6, 6.07) is 3.99. The van der Waals surface area contributed by atoms with E-state index in [1.54, 1.807) is 7.05 Å². The quantitative estimate of drug-likeness (QED) is 0.659. The Morgan fingerprint density at radius 2 is 2.30 bits per heavy atom. The van der Waals surface area contributed by atoms with Gasteiger partial charge in [0.25, 0.3) is 5.56 Å². The van der Waals surface area contributed by atoms with E-state index in [-0.39, 0.29) is 5.56 Å². The molecule has 0 fully saturated rings. The van der Waals surface area contributed by atoms with Crippen LogP contribution >= 0.6 is 11.3 Å². The topological polar surface area (TPSA) is 79.2 Å². The van der Waals surface area contributed by atoms with Crippen LogP contribution < -0.4 is 5.56 Å². The van der Waals surface area contributed by atoms with Crippen LogP contribution in [0.1, 0.15) is 5.82 Å². The van der Waals surface area contributed by atoms with Crippen molar-refractivity contribution >= 4 is 27.3 Å². The molecule has 3 heterocycles. The smallest absolute Gasteiger partial charge is 0.272 e. The van der Waals surface area contributed by atoms with Gasteiger partial charge in [0.1, 0.15) is 4.70 Å². The molecule has 0 aromatic carbocycles. The molecule has 0 amide bonds. The average molecular weight is 288 g/mol. The highest BCUT2D eigenvalue weighted by Gasteiger charge is 2.16. The van der Waals surface area contributed by atoms with Crippen LogP contribution in [0.2, 0.25) is 0 Å². The predicted octanol–water partition coefficient (Wildman–Crippen LogP) is 0.598. The van der Waals surface area contributed by atoms with Gasteiger partial charge in [-0.3, -0.25) is 18.7 Å². The Bertz CT molecular complexity index is 883. The van der Waals surface area contributed by atoms with Gasteiger partial charge in [-0.2, -0.15) is 5.26 Å². The van der Waals surface area contributed by atoms with E-state index in [2.05, 4.69) is 16.3 Å². The summed E-state index contributed by atoms with van der Waals surface area (Å²) in [6.07, 6.45) is 0. The van der Waals surface area contributed by atoms with E-state index < -0.39 is 0 Å². The lowest BCUT2D eigenvalue weighted by Gasteiger charge is -2.11. The third kappa shape index (κ3) is 1.79. The molecule has 3 aromatic rings. The summed E-state index contributed by atoms with van der Waals surface area (Å²) >= 11 is 1.41. The highest BCUT2D eigenvalue weighted by molar-refractivity contribution is 7.17. The van der Waals surface area contributed by atoms with E-state index in [0.717, 1.165) is 11.3 Å². The van der Waals surface area contributed by atoms with Crippen molar-refractivity contribution in [2.75, 3.05) is 13.6 Å². The van der Waals surface area contributed by atoms with Crippen LogP contribution in [0.5, 0.6) is 0 Å². The second-order valence-electron chi connectivity index (χ2n) is 4.58. The maximum absolute atomic E-state index is 12.2. The van der Waals surface area contributed by atoms with E-state index in [9.17, 15) is 4.79 Å². The number of fused-ring (bicyclic) bond motifs is 3. The first-order valence-corrected chi connectivity index (χ1v) is 6.87. The first-order chi connectivity index (χ1) is 9.63. The zero-order valence-corrected chi connectivity index (χ0v) is 11.9. The average Bonchev–Trinajstić information content (AvgIpc) is 3.02. The minimum atomic E-state index is -0.0631. The number of thiophene rings is 1. The summed E-state index contributed by atoms with van der Waals surface area (Å²) in [4.78, 5) is 14.0. The summed E-state index contributed by atoms with van der Waals surface area (Å²) in [5.74, 6) is 1.23. The molecule has 0 N–H and O–H groups in total. The van der Waals surface area contributed by atoms with Crippen molar-refractivity contribution in [3.05, 3.63) is 27.6 Å². The van der Waals surface area contributed by atoms with Crippen molar-refractivity contribution in [2.24, 2.45) is 7.05 Å². The van der Waals surface area contributed by atoms with Gasteiger partial charge in [0.15, 0.2) is 5.82 Å². The highest BCUT2D eigenvalue weighted by atomic mass is 32.1. The Morgan fingerprint density at radius 3 is 3.05 bits per heavy atom. The summed E-state index contributed by atoms with van der Waals surface area (Å²) in [6.45, 7) is 0.811. The third-order valence-electron chi connectivity index (χ3n) is 3.15. The molecule has 0 radical (unpaired) electrons. The summed E-state index contributed by atoms with van der Waals surface area (Å²) < 4.78 is 4.06. The van der Waals surface area contributed by atoms with Gasteiger partial charge in [0.2, 0.25) is 5.78 Å². The van der Waals surface area contributed by atoms with Crippen molar-refractivity contribution in [2.45, 2.75) is 6.54 Å². The molecule has 7 nitrogen and oxygen atoms in total. The first-order valence-electron chi connectivity index (χ1n) is 5.99. The third-order valence-corrected chi connectivity index (χ3v) is 4.04. The molecule has 0 bridgehead atoms. The standard InChI is InChI=1S/C12H12N6OS/c1-16(5-4-13)7-9-14-15-12-17(2)11(19)10-8(18(9)12)3-6-20-10/h3,6H,5,7H2,1-2H3. The van der Waals surface area contributed by atoms with Crippen LogP contribution in [-0.4, -0.2) is 37.7 Å². The number of hydrogen-bond donors (Lipinski definition) is 0. The Balaban J connectivity index is 2.26. The first kappa shape index (κ1) is 12.8. The van der Waals surface area contributed by atoms with Gasteiger partial charge in [0, 0.05) is 7.05 Å². The van der Waals surface area contributed by atoms with E-state index in [0.29, 0.717) is 23.6 Å². The van der Waals surface area contributed by atoms with E-state index in [4.69, 9.17) is 5.26 Å². The number of nitriles is 1. The summed E-state index contributed by atoms with van der Waals surface area (Å²) in [5.41, 5.74) is 0.755. The molecule has 0 aliphatic carbocycles. The lowest BCUT2D eigenvalue weighted by Crippen LogP contribution is -2.22. The Labute approximate surface area is 118 Å². The van der Waals surface area contributed by atoms with Crippen molar-refractivity contribution in [3.8, 4) is 6.07 Å². The molecule has 3 aromatic heterocycles. The van der Waals surface area contributed by atoms with Crippen LogP contribution in [0.4, 0.5) is 0 Å². The van der Waals surface area contributed by atoms with Gasteiger partial charge in [-0.05, 0) is 18.5 Å². The van der Waals surface area contributed by atoms with Crippen molar-refractivity contribution in [1.29, 1.82) is 5.26 Å². The van der Waals surface area contributed by atoms with E-state index >= 15 is 0 Å². The predicted molar refractivity (Wildman–Crippen MR) is 75.6 cm³/mol. The fourth-order valence-corrected chi connectivity index (χ4v) is 3.02. The fraction of sp³-hybridized carbons (Fsp3) is 0.333. The normalized spacial score (nSPS) is 11.5. The second kappa shape index (κ2) is 4.70. The maximum atomic E-state index is 12.2. The van der Waals surface area contributed by atoms with E-state index in [1.807, 2.05) is 27.8 Å². The van der Waals surface area contributed by atoms with Crippen molar-refractivity contribution in [1.82, 2.24) is 24.1 Å². The van der Waals surface area contributed by atoms with Crippen molar-refractivity contribution < 1.29 is 0 Å². The molecule has 0 saturated heterocycles. The number of hydrogen-bond acceptors (Lipinski definition) is 6. The molecular weight excluding hydrogens is 276 g/mol. The second-order valence-corrected chi connectivity index (χ2v) is 5.50. The minimum absolute atomic E-state index is 0.0631. The Morgan fingerprint density at radius 1 is 1.50 bits per heavy atom. The molecular formula is C12H12N6OS. The van der Waals surface area contributed by atoms with E-state index in [1.165, 1.54) is 15.9 Å². The number of aromatic nitrogens is 4. The van der Waals surface area contributed by atoms with Crippen LogP contribution in [0.15, 0.2) is 16.2 Å². The molecule has 0 unspecified atom stereocenters. The number of rotatable bonds is 3. The zero-order valence-electron chi connectivity index (χ0n) is 11.1. The fourth-order valence-electron chi connectivity index (χ4n) is 2.17. The monoisotopic (exact) mass is 288 g/mol. The van der Waals surface area contributed by atoms with Gasteiger partial charge in [-0.15, -0.1) is 21.5 Å². The Hall–Kier alpha value is -2.24. The zero-order chi connectivity index (χ0) is 14.3. The number of nitrogens with zero attached hydrogens (tertiary/aromatic N) is 6. The van der Waals surface area contributed by atoms with Gasteiger partial charge < -0.3 is 0 Å². The molecule has 0 aliphatic rings. The maximum Gasteiger partial charge on any atom is 0.272 e. The lowest BCUT2D eigenvalue weighted by atomic mass is 10.4. The van der Waals surface area contributed by atoms with Crippen molar-refractivity contribution in [3.63, 3.8) is 0 Å². The van der Waals surface area contributed by atoms with Gasteiger partial charge >= 0.3 is 0 Å². The minimum Gasteiger partial charge on any atom is -0.286 e. The van der Waals surface area contributed by atoms with Gasteiger partial charge in [-0.1, -0.05) is 0 Å². The molecule has 0 atom stereocenters. The molecule has 102 valence electrons. The van der Waals surface area contributed by atoms with Crippen LogP contribution in [0, 0.1) is 11.3 Å². The highest BCUT2D eigenvalue weighted by Crippen LogP contribution is 2.19. The van der Waals surface area contributed by atoms with Crippen LogP contribution in [0.3, 0.4) is 0 Å². The number of aryl methyl sites for hydroxylation is 1. The molecule has 8 heteroatoms. The van der Waals surface area contributed by atoms with Gasteiger partial charge in [-0.25, -0.2) is 0 Å². The SMILES string of the molecule is CN(CC#N)Cc1nnc2n(C)c(=O)c3sccc3n12. The molecule has 20 heavy (non-hydrogen) atoms. The van der Waals surface area contributed by atoms with Crippen LogP contribution in [0.25, 0.3) is 16.0 Å². The summed E-state index contributed by atoms with van der Waals surface area (Å²) in [5, 5.41) is 18.9. The molecule has 0 saturated carbocycles.